The van der Waals surface area contributed by atoms with Crippen molar-refractivity contribution >= 4 is 58.6 Å². The van der Waals surface area contributed by atoms with Crippen molar-refractivity contribution in [2.75, 3.05) is 11.9 Å². The number of aryl methyl sites for hydroxylation is 2. The number of ether oxygens (including phenoxy) is 1. The van der Waals surface area contributed by atoms with E-state index >= 15 is 0 Å². The molecular formula is C29H26Cl2N4O7. The summed E-state index contributed by atoms with van der Waals surface area (Å²) in [6, 6.07) is 14.1. The van der Waals surface area contributed by atoms with Crippen LogP contribution in [0.3, 0.4) is 0 Å². The molecule has 0 aliphatic heterocycles. The van der Waals surface area contributed by atoms with Crippen molar-refractivity contribution in [3.8, 4) is 0 Å². The topological polar surface area (TPSA) is 151 Å². The fraction of sp³-hybridized carbons (Fsp3) is 0.241. The highest BCUT2D eigenvalue weighted by Gasteiger charge is 2.42. The van der Waals surface area contributed by atoms with Crippen LogP contribution in [0.25, 0.3) is 12.2 Å². The van der Waals surface area contributed by atoms with Gasteiger partial charge in [-0.05, 0) is 50.1 Å². The Morgan fingerprint density at radius 1 is 1.02 bits per heavy atom. The molecule has 0 aliphatic carbocycles. The predicted molar refractivity (Wildman–Crippen MR) is 156 cm³/mol. The molecule has 1 N–H and O–H groups in total. The number of amides is 1. The Labute approximate surface area is 250 Å². The number of esters is 1. The molecule has 2 atom stereocenters. The Balaban J connectivity index is 1.79. The molecule has 2 unspecified atom stereocenters. The fourth-order valence-electron chi connectivity index (χ4n) is 4.51. The molecule has 0 radical (unpaired) electrons. The van der Waals surface area contributed by atoms with Crippen LogP contribution < -0.4 is 5.32 Å². The van der Waals surface area contributed by atoms with Gasteiger partial charge in [-0.2, -0.15) is 0 Å². The zero-order chi connectivity index (χ0) is 30.4. The molecule has 1 amide bonds. The van der Waals surface area contributed by atoms with E-state index in [9.17, 15) is 19.7 Å². The van der Waals surface area contributed by atoms with Crippen LogP contribution in [0.15, 0.2) is 57.6 Å². The van der Waals surface area contributed by atoms with Gasteiger partial charge in [-0.15, -0.1) is 0 Å². The van der Waals surface area contributed by atoms with Gasteiger partial charge in [0.2, 0.25) is 11.7 Å². The number of carbonyl (C=O) groups is 2. The van der Waals surface area contributed by atoms with Gasteiger partial charge in [-0.3, -0.25) is 19.7 Å². The van der Waals surface area contributed by atoms with Crippen molar-refractivity contribution in [1.29, 1.82) is 0 Å². The van der Waals surface area contributed by atoms with E-state index in [1.807, 2.05) is 30.3 Å². The maximum Gasteiger partial charge on any atom is 0.334 e. The van der Waals surface area contributed by atoms with Crippen molar-refractivity contribution in [3.63, 3.8) is 0 Å². The first-order valence-electron chi connectivity index (χ1n) is 12.8. The molecule has 2 heterocycles. The first kappa shape index (κ1) is 30.5. The number of carbonyl (C=O) groups excluding carboxylic acids is 2. The molecule has 0 fully saturated rings. The number of hydrogen-bond donors (Lipinski definition) is 1. The van der Waals surface area contributed by atoms with Gasteiger partial charge in [-0.1, -0.05) is 76.0 Å². The van der Waals surface area contributed by atoms with Gasteiger partial charge in [0, 0.05) is 22.4 Å². The number of aromatic nitrogens is 2. The Bertz CT molecular complexity index is 1610. The molecule has 11 nitrogen and oxygen atoms in total. The lowest BCUT2D eigenvalue weighted by atomic mass is 9.81. The summed E-state index contributed by atoms with van der Waals surface area (Å²) in [5.41, 5.74) is 1.33. The average Bonchev–Trinajstić information content (AvgIpc) is 3.49. The third kappa shape index (κ3) is 6.69. The lowest BCUT2D eigenvalue weighted by Gasteiger charge is -2.26. The van der Waals surface area contributed by atoms with Gasteiger partial charge in [0.05, 0.1) is 11.5 Å². The number of nitrogens with one attached hydrogen (secondary N) is 1. The minimum atomic E-state index is -1.58. The smallest absolute Gasteiger partial charge is 0.334 e. The van der Waals surface area contributed by atoms with Gasteiger partial charge < -0.3 is 19.1 Å². The molecular weight excluding hydrogens is 587 g/mol. The third-order valence-electron chi connectivity index (χ3n) is 6.45. The van der Waals surface area contributed by atoms with Gasteiger partial charge >= 0.3 is 11.7 Å². The minimum absolute atomic E-state index is 0.0334. The van der Waals surface area contributed by atoms with Gasteiger partial charge in [0.15, 0.2) is 11.5 Å². The van der Waals surface area contributed by atoms with Crippen LogP contribution in [-0.2, 0) is 20.7 Å². The second-order valence-corrected chi connectivity index (χ2v) is 10.0. The van der Waals surface area contributed by atoms with E-state index in [0.717, 1.165) is 5.56 Å². The number of anilines is 1. The first-order chi connectivity index (χ1) is 20.1. The molecule has 0 bridgehead atoms. The number of halogens is 2. The predicted octanol–water partition coefficient (Wildman–Crippen LogP) is 6.81. The number of nitrogens with zero attached hydrogens (tertiary/aromatic N) is 3. The summed E-state index contributed by atoms with van der Waals surface area (Å²) in [7, 11) is 0. The van der Waals surface area contributed by atoms with Crippen molar-refractivity contribution in [3.05, 3.63) is 103 Å². The number of rotatable bonds is 11. The zero-order valence-electron chi connectivity index (χ0n) is 22.8. The summed E-state index contributed by atoms with van der Waals surface area (Å²) >= 11 is 13.1. The quantitative estimate of drug-likeness (QED) is 0.0833. The summed E-state index contributed by atoms with van der Waals surface area (Å²) in [5, 5.41) is 22.5. The SMILES string of the molecule is CCOC(=O)C(C(=O)Nc1c(C)noc1/C=C/c1ccccc1)C(Cc1onc(C)c1[N+](=O)[O-])c1c(Cl)cccc1Cl. The summed E-state index contributed by atoms with van der Waals surface area (Å²) in [4.78, 5) is 38.6. The normalized spacial score (nSPS) is 12.7. The lowest BCUT2D eigenvalue weighted by molar-refractivity contribution is -0.386. The standard InChI is InChI=1S/C29H26Cl2N4O7/c1-4-40-29(37)25(28(36)32-26-16(2)33-41-22(26)14-13-18-9-6-5-7-10-18)19(24-20(30)11-8-12-21(24)31)15-23-27(35(38)39)17(3)34-42-23/h5-14,19,25H,4,15H2,1-3H3,(H,32,36)/b14-13+. The van der Waals surface area contributed by atoms with Gasteiger partial charge in [0.25, 0.3) is 0 Å². The summed E-state index contributed by atoms with van der Waals surface area (Å²) in [6.45, 7) is 4.59. The molecule has 42 heavy (non-hydrogen) atoms. The number of nitro groups is 1. The monoisotopic (exact) mass is 612 g/mol. The maximum absolute atomic E-state index is 14.0. The summed E-state index contributed by atoms with van der Waals surface area (Å²) in [6.07, 6.45) is 3.09. The van der Waals surface area contributed by atoms with Crippen LogP contribution in [-0.4, -0.2) is 33.7 Å². The van der Waals surface area contributed by atoms with Crippen LogP contribution in [0, 0.1) is 29.9 Å². The largest absolute Gasteiger partial charge is 0.465 e. The molecule has 2 aromatic heterocycles. The van der Waals surface area contributed by atoms with Crippen molar-refractivity contribution in [2.24, 2.45) is 5.92 Å². The molecule has 0 saturated heterocycles. The second kappa shape index (κ2) is 13.5. The molecule has 218 valence electrons. The highest BCUT2D eigenvalue weighted by Crippen LogP contribution is 2.41. The molecule has 2 aromatic carbocycles. The van der Waals surface area contributed by atoms with E-state index in [2.05, 4.69) is 15.6 Å². The van der Waals surface area contributed by atoms with E-state index < -0.39 is 28.6 Å². The van der Waals surface area contributed by atoms with Gasteiger partial charge in [-0.25, -0.2) is 0 Å². The van der Waals surface area contributed by atoms with Crippen LogP contribution in [0.1, 0.15) is 46.9 Å². The molecule has 0 spiro atoms. The highest BCUT2D eigenvalue weighted by atomic mass is 35.5. The van der Waals surface area contributed by atoms with Crippen LogP contribution >= 0.6 is 23.2 Å². The molecule has 4 rings (SSSR count). The summed E-state index contributed by atoms with van der Waals surface area (Å²) in [5.74, 6) is -4.35. The molecule has 0 aliphatic rings. The van der Waals surface area contributed by atoms with Crippen molar-refractivity contribution in [1.82, 2.24) is 10.3 Å². The minimum Gasteiger partial charge on any atom is -0.465 e. The molecule has 4 aromatic rings. The molecule has 0 saturated carbocycles. The van der Waals surface area contributed by atoms with E-state index in [1.165, 1.54) is 19.1 Å². The Morgan fingerprint density at radius 3 is 2.33 bits per heavy atom. The van der Waals surface area contributed by atoms with Crippen LogP contribution in [0.2, 0.25) is 10.0 Å². The van der Waals surface area contributed by atoms with Crippen molar-refractivity contribution in [2.45, 2.75) is 33.1 Å². The fourth-order valence-corrected chi connectivity index (χ4v) is 5.18. The Kier molecular flexibility index (Phi) is 9.76. The first-order valence-corrected chi connectivity index (χ1v) is 13.6. The summed E-state index contributed by atoms with van der Waals surface area (Å²) < 4.78 is 16.0. The van der Waals surface area contributed by atoms with E-state index in [1.54, 1.807) is 32.1 Å². The molecule has 13 heteroatoms. The van der Waals surface area contributed by atoms with E-state index in [4.69, 9.17) is 37.0 Å². The van der Waals surface area contributed by atoms with E-state index in [-0.39, 0.29) is 57.2 Å². The Morgan fingerprint density at radius 2 is 1.69 bits per heavy atom. The maximum atomic E-state index is 14.0. The highest BCUT2D eigenvalue weighted by molar-refractivity contribution is 6.36. The van der Waals surface area contributed by atoms with Crippen LogP contribution in [0.4, 0.5) is 11.4 Å². The second-order valence-electron chi connectivity index (χ2n) is 9.21. The van der Waals surface area contributed by atoms with Gasteiger partial charge in [0.1, 0.15) is 17.3 Å². The zero-order valence-corrected chi connectivity index (χ0v) is 24.3. The third-order valence-corrected chi connectivity index (χ3v) is 7.11. The number of benzene rings is 2. The lowest BCUT2D eigenvalue weighted by Crippen LogP contribution is -2.37. The van der Waals surface area contributed by atoms with Crippen LogP contribution in [0.5, 0.6) is 0 Å². The van der Waals surface area contributed by atoms with E-state index in [0.29, 0.717) is 5.69 Å². The van der Waals surface area contributed by atoms with Crippen molar-refractivity contribution < 1.29 is 28.3 Å². The average molecular weight is 613 g/mol. The number of hydrogen-bond acceptors (Lipinski definition) is 9. The Hall–Kier alpha value is -4.48.